The number of urea groups is 1. The van der Waals surface area contributed by atoms with Crippen LogP contribution in [0.25, 0.3) is 11.0 Å². The molecule has 0 saturated carbocycles. The van der Waals surface area contributed by atoms with Crippen LogP contribution in [-0.4, -0.2) is 39.5 Å². The summed E-state index contributed by atoms with van der Waals surface area (Å²) in [6, 6.07) is 9.58. The predicted molar refractivity (Wildman–Crippen MR) is 115 cm³/mol. The molecule has 0 aliphatic heterocycles. The number of rotatable bonds is 5. The number of carbonyl (C=O) groups is 2. The summed E-state index contributed by atoms with van der Waals surface area (Å²) in [6.45, 7) is 5.72. The van der Waals surface area contributed by atoms with Gasteiger partial charge in [-0.1, -0.05) is 6.07 Å². The van der Waals surface area contributed by atoms with E-state index >= 15 is 0 Å². The largest absolute Gasteiger partial charge is 0.350 e. The molecule has 3 rings (SSSR count). The number of carbonyl (C=O) groups excluding carboxylic acids is 2. The van der Waals surface area contributed by atoms with E-state index in [0.717, 1.165) is 5.52 Å². The van der Waals surface area contributed by atoms with Crippen molar-refractivity contribution in [2.24, 2.45) is 7.05 Å². The van der Waals surface area contributed by atoms with Crippen LogP contribution >= 0.6 is 0 Å². The third-order valence-corrected chi connectivity index (χ3v) is 4.80. The molecule has 0 fully saturated rings. The minimum Gasteiger partial charge on any atom is -0.350 e. The van der Waals surface area contributed by atoms with E-state index in [9.17, 15) is 14.0 Å². The third kappa shape index (κ3) is 4.59. The Morgan fingerprint density at radius 1 is 1.20 bits per heavy atom. The van der Waals surface area contributed by atoms with Crippen LogP contribution in [0.1, 0.15) is 35.6 Å². The number of aromatic nitrogens is 2. The molecule has 3 amide bonds. The minimum absolute atomic E-state index is 0.0432. The Morgan fingerprint density at radius 3 is 2.60 bits per heavy atom. The summed E-state index contributed by atoms with van der Waals surface area (Å²) in [5.41, 5.74) is 2.98. The molecule has 0 bridgehead atoms. The quantitative estimate of drug-likeness (QED) is 0.670. The summed E-state index contributed by atoms with van der Waals surface area (Å²) < 4.78 is 15.6. The molecule has 7 nitrogen and oxygen atoms in total. The smallest absolute Gasteiger partial charge is 0.321 e. The van der Waals surface area contributed by atoms with Crippen molar-refractivity contribution >= 4 is 28.7 Å². The fourth-order valence-electron chi connectivity index (χ4n) is 3.05. The van der Waals surface area contributed by atoms with Crippen molar-refractivity contribution < 1.29 is 14.0 Å². The van der Waals surface area contributed by atoms with Gasteiger partial charge in [0.05, 0.1) is 17.6 Å². The van der Waals surface area contributed by atoms with Crippen LogP contribution in [0.4, 0.5) is 14.9 Å². The predicted octanol–water partition coefficient (Wildman–Crippen LogP) is 3.82. The van der Waals surface area contributed by atoms with Crippen molar-refractivity contribution in [2.75, 3.05) is 12.4 Å². The molecule has 0 unspecified atom stereocenters. The summed E-state index contributed by atoms with van der Waals surface area (Å²) in [6.07, 6.45) is 0. The highest BCUT2D eigenvalue weighted by Gasteiger charge is 2.16. The van der Waals surface area contributed by atoms with Gasteiger partial charge in [0, 0.05) is 31.4 Å². The summed E-state index contributed by atoms with van der Waals surface area (Å²) in [5.74, 6) is 0.142. The monoisotopic (exact) mass is 411 g/mol. The molecule has 0 spiro atoms. The van der Waals surface area contributed by atoms with Gasteiger partial charge >= 0.3 is 6.03 Å². The van der Waals surface area contributed by atoms with Crippen LogP contribution in [-0.2, 0) is 13.6 Å². The van der Waals surface area contributed by atoms with Gasteiger partial charge in [0.1, 0.15) is 11.6 Å². The number of aryl methyl sites for hydroxylation is 2. The maximum Gasteiger partial charge on any atom is 0.321 e. The Kier molecular flexibility index (Phi) is 6.05. The van der Waals surface area contributed by atoms with Crippen LogP contribution in [0.3, 0.4) is 0 Å². The lowest BCUT2D eigenvalue weighted by atomic mass is 10.2. The fraction of sp³-hybridized carbons (Fsp3) is 0.318. The Morgan fingerprint density at radius 2 is 1.93 bits per heavy atom. The van der Waals surface area contributed by atoms with E-state index < -0.39 is 0 Å². The summed E-state index contributed by atoms with van der Waals surface area (Å²) in [4.78, 5) is 30.8. The van der Waals surface area contributed by atoms with E-state index in [-0.39, 0.29) is 30.3 Å². The lowest BCUT2D eigenvalue weighted by molar-refractivity contribution is 0.0943. The molecule has 30 heavy (non-hydrogen) atoms. The molecule has 158 valence electrons. The number of hydrogen-bond acceptors (Lipinski definition) is 3. The second kappa shape index (κ2) is 8.52. The molecule has 1 heterocycles. The Balaban J connectivity index is 1.75. The van der Waals surface area contributed by atoms with Gasteiger partial charge in [0.15, 0.2) is 0 Å². The first-order valence-electron chi connectivity index (χ1n) is 9.70. The highest BCUT2D eigenvalue weighted by molar-refractivity contribution is 5.97. The molecule has 2 aromatic carbocycles. The normalized spacial score (nSPS) is 11.0. The number of amides is 3. The number of halogens is 1. The van der Waals surface area contributed by atoms with Gasteiger partial charge in [0.2, 0.25) is 0 Å². The summed E-state index contributed by atoms with van der Waals surface area (Å²) >= 11 is 0. The van der Waals surface area contributed by atoms with Crippen molar-refractivity contribution in [2.45, 2.75) is 33.4 Å². The van der Waals surface area contributed by atoms with Gasteiger partial charge in [-0.2, -0.15) is 0 Å². The SMILES string of the molecule is Cc1ccc(NC(=O)N(C)Cc2nc3cc(C(=O)NC(C)C)ccc3n2C)cc1F. The lowest BCUT2D eigenvalue weighted by Crippen LogP contribution is -2.31. The number of nitrogens with one attached hydrogen (secondary N) is 2. The zero-order valence-corrected chi connectivity index (χ0v) is 17.8. The highest BCUT2D eigenvalue weighted by atomic mass is 19.1. The van der Waals surface area contributed by atoms with Gasteiger partial charge in [0.25, 0.3) is 5.91 Å². The Hall–Kier alpha value is -3.42. The first-order valence-corrected chi connectivity index (χ1v) is 9.70. The highest BCUT2D eigenvalue weighted by Crippen LogP contribution is 2.19. The van der Waals surface area contributed by atoms with E-state index in [1.54, 1.807) is 38.2 Å². The molecule has 3 aromatic rings. The van der Waals surface area contributed by atoms with Gasteiger partial charge in [-0.25, -0.2) is 14.2 Å². The van der Waals surface area contributed by atoms with Crippen molar-refractivity contribution in [3.8, 4) is 0 Å². The third-order valence-electron chi connectivity index (χ3n) is 4.80. The molecule has 1 aromatic heterocycles. The summed E-state index contributed by atoms with van der Waals surface area (Å²) in [5, 5.41) is 5.54. The van der Waals surface area contributed by atoms with E-state index in [1.807, 2.05) is 31.5 Å². The van der Waals surface area contributed by atoms with E-state index in [1.165, 1.54) is 11.0 Å². The molecule has 2 N–H and O–H groups in total. The first-order chi connectivity index (χ1) is 14.2. The number of anilines is 1. The van der Waals surface area contributed by atoms with Crippen molar-refractivity contribution in [1.82, 2.24) is 19.8 Å². The standard InChI is InChI=1S/C22H26FN5O2/c1-13(2)24-21(29)15-7-9-19-18(10-15)26-20(28(19)5)12-27(4)22(30)25-16-8-6-14(3)17(23)11-16/h6-11,13H,12H2,1-5H3,(H,24,29)(H,25,30). The van der Waals surface area contributed by atoms with Gasteiger partial charge in [-0.3, -0.25) is 4.79 Å². The van der Waals surface area contributed by atoms with Gasteiger partial charge in [-0.15, -0.1) is 0 Å². The van der Waals surface area contributed by atoms with Crippen molar-refractivity contribution in [3.63, 3.8) is 0 Å². The van der Waals surface area contributed by atoms with Crippen molar-refractivity contribution in [1.29, 1.82) is 0 Å². The van der Waals surface area contributed by atoms with E-state index in [2.05, 4.69) is 15.6 Å². The number of benzene rings is 2. The van der Waals surface area contributed by atoms with Crippen molar-refractivity contribution in [3.05, 3.63) is 59.2 Å². The molecule has 0 aliphatic carbocycles. The first kappa shape index (κ1) is 21.3. The molecule has 0 atom stereocenters. The lowest BCUT2D eigenvalue weighted by Gasteiger charge is -2.18. The second-order valence-electron chi connectivity index (χ2n) is 7.67. The second-order valence-corrected chi connectivity index (χ2v) is 7.67. The molecule has 0 saturated heterocycles. The molecule has 0 aliphatic rings. The van der Waals surface area contributed by atoms with Gasteiger partial charge in [-0.05, 0) is 56.7 Å². The number of hydrogen-bond donors (Lipinski definition) is 2. The number of imidazole rings is 1. The van der Waals surface area contributed by atoms with Crippen LogP contribution in [0.5, 0.6) is 0 Å². The number of fused-ring (bicyclic) bond motifs is 1. The van der Waals surface area contributed by atoms with Crippen LogP contribution in [0, 0.1) is 12.7 Å². The minimum atomic E-state index is -0.373. The van der Waals surface area contributed by atoms with E-state index in [0.29, 0.717) is 28.2 Å². The Labute approximate surface area is 174 Å². The maximum absolute atomic E-state index is 13.7. The average molecular weight is 411 g/mol. The van der Waals surface area contributed by atoms with E-state index in [4.69, 9.17) is 0 Å². The average Bonchev–Trinajstić information content (AvgIpc) is 2.99. The maximum atomic E-state index is 13.7. The zero-order chi connectivity index (χ0) is 22.0. The zero-order valence-electron chi connectivity index (χ0n) is 17.8. The number of nitrogens with zero attached hydrogens (tertiary/aromatic N) is 3. The molecule has 0 radical (unpaired) electrons. The topological polar surface area (TPSA) is 79.3 Å². The van der Waals surface area contributed by atoms with Crippen LogP contribution < -0.4 is 10.6 Å². The van der Waals surface area contributed by atoms with Gasteiger partial charge < -0.3 is 20.1 Å². The molecular formula is C22H26FN5O2. The van der Waals surface area contributed by atoms with Crippen LogP contribution in [0.2, 0.25) is 0 Å². The summed E-state index contributed by atoms with van der Waals surface area (Å²) in [7, 11) is 3.50. The van der Waals surface area contributed by atoms with Crippen LogP contribution in [0.15, 0.2) is 36.4 Å². The Bertz CT molecular complexity index is 1110. The molecular weight excluding hydrogens is 385 g/mol. The fourth-order valence-corrected chi connectivity index (χ4v) is 3.05. The molecule has 8 heteroatoms.